The number of ether oxygens (including phenoxy) is 1. The molecule has 1 aromatic carbocycles. The Balaban J connectivity index is 2.13. The molecular weight excluding hydrogens is 330 g/mol. The van der Waals surface area contributed by atoms with Gasteiger partial charge in [0.25, 0.3) is 5.69 Å². The molecule has 0 bridgehead atoms. The minimum Gasteiger partial charge on any atom is -0.453 e. The number of rotatable bonds is 5. The van der Waals surface area contributed by atoms with Gasteiger partial charge in [-0.3, -0.25) is 14.9 Å². The first-order valence-corrected chi connectivity index (χ1v) is 7.29. The zero-order valence-corrected chi connectivity index (χ0v) is 12.9. The fraction of sp³-hybridized carbons (Fsp3) is 0.143. The van der Waals surface area contributed by atoms with E-state index in [0.29, 0.717) is 14.8 Å². The summed E-state index contributed by atoms with van der Waals surface area (Å²) in [5, 5.41) is 11.0. The van der Waals surface area contributed by atoms with E-state index >= 15 is 0 Å². The van der Waals surface area contributed by atoms with Crippen LogP contribution < -0.4 is 0 Å². The quantitative estimate of drug-likeness (QED) is 0.359. The first kappa shape index (κ1) is 16.1. The molecule has 2 rings (SSSR count). The van der Waals surface area contributed by atoms with Gasteiger partial charge >= 0.3 is 5.97 Å². The van der Waals surface area contributed by atoms with Crippen molar-refractivity contribution in [3.8, 4) is 0 Å². The Morgan fingerprint density at radius 2 is 2.05 bits per heavy atom. The predicted molar refractivity (Wildman–Crippen MR) is 81.8 cm³/mol. The third-order valence-electron chi connectivity index (χ3n) is 2.83. The molecule has 0 aliphatic rings. The van der Waals surface area contributed by atoms with Crippen LogP contribution in [0, 0.1) is 17.0 Å². The van der Waals surface area contributed by atoms with Crippen molar-refractivity contribution in [3.05, 3.63) is 60.8 Å². The van der Waals surface area contributed by atoms with Gasteiger partial charge in [-0.25, -0.2) is 4.79 Å². The topological polar surface area (TPSA) is 86.5 Å². The number of halogens is 1. The molecule has 0 saturated carbocycles. The van der Waals surface area contributed by atoms with Gasteiger partial charge in [-0.2, -0.15) is 0 Å². The monoisotopic (exact) mass is 339 g/mol. The lowest BCUT2D eigenvalue weighted by molar-refractivity contribution is -0.385. The van der Waals surface area contributed by atoms with Crippen LogP contribution in [-0.2, 0) is 4.74 Å². The van der Waals surface area contributed by atoms with E-state index in [0.717, 1.165) is 11.3 Å². The van der Waals surface area contributed by atoms with Gasteiger partial charge < -0.3 is 4.74 Å². The molecule has 0 aliphatic carbocycles. The largest absolute Gasteiger partial charge is 0.453 e. The first-order chi connectivity index (χ1) is 10.4. The summed E-state index contributed by atoms with van der Waals surface area (Å²) in [6.07, 6.45) is 0. The molecule has 0 fully saturated rings. The average molecular weight is 340 g/mol. The van der Waals surface area contributed by atoms with Crippen LogP contribution in [-0.4, -0.2) is 23.3 Å². The van der Waals surface area contributed by atoms with Crippen LogP contribution in [0.5, 0.6) is 0 Å². The van der Waals surface area contributed by atoms with Crippen LogP contribution in [0.15, 0.2) is 30.3 Å². The third kappa shape index (κ3) is 3.49. The second kappa shape index (κ2) is 6.67. The molecule has 8 heteroatoms. The van der Waals surface area contributed by atoms with Crippen LogP contribution in [0.25, 0.3) is 0 Å². The maximum Gasteiger partial charge on any atom is 0.345 e. The van der Waals surface area contributed by atoms with Gasteiger partial charge in [-0.15, -0.1) is 11.3 Å². The molecule has 0 saturated heterocycles. The highest BCUT2D eigenvalue weighted by Crippen LogP contribution is 2.24. The van der Waals surface area contributed by atoms with Crippen molar-refractivity contribution >= 4 is 40.4 Å². The maximum absolute atomic E-state index is 12.0. The predicted octanol–water partition coefficient (Wildman–Crippen LogP) is 3.66. The zero-order chi connectivity index (χ0) is 16.3. The number of carbonyl (C=O) groups is 2. The molecular formula is C14H10ClNO5S. The number of Topliss-reactive ketones (excluding diaryl/α,β-unsaturated/α-hetero) is 1. The summed E-state index contributed by atoms with van der Waals surface area (Å²) in [7, 11) is 0. The van der Waals surface area contributed by atoms with E-state index in [4.69, 9.17) is 16.3 Å². The molecule has 22 heavy (non-hydrogen) atoms. The third-order valence-corrected chi connectivity index (χ3v) is 4.11. The van der Waals surface area contributed by atoms with E-state index in [1.165, 1.54) is 18.2 Å². The van der Waals surface area contributed by atoms with E-state index in [2.05, 4.69) is 0 Å². The normalized spacial score (nSPS) is 10.3. The van der Waals surface area contributed by atoms with E-state index in [-0.39, 0.29) is 11.3 Å². The summed E-state index contributed by atoms with van der Waals surface area (Å²) in [6.45, 7) is 1.06. The average Bonchev–Trinajstić information content (AvgIpc) is 2.90. The molecule has 114 valence electrons. The molecule has 0 spiro atoms. The molecule has 2 aromatic rings. The van der Waals surface area contributed by atoms with Gasteiger partial charge in [0.15, 0.2) is 6.61 Å². The number of nitrogens with zero attached hydrogens (tertiary/aromatic N) is 1. The lowest BCUT2D eigenvalue weighted by Gasteiger charge is -2.06. The molecule has 0 unspecified atom stereocenters. The Labute approximate surface area is 134 Å². The van der Waals surface area contributed by atoms with Crippen molar-refractivity contribution in [2.45, 2.75) is 6.92 Å². The van der Waals surface area contributed by atoms with Gasteiger partial charge in [0.1, 0.15) is 5.56 Å². The lowest BCUT2D eigenvalue weighted by Crippen LogP contribution is -2.15. The van der Waals surface area contributed by atoms with Crippen molar-refractivity contribution in [3.63, 3.8) is 0 Å². The molecule has 6 nitrogen and oxygen atoms in total. The molecule has 1 heterocycles. The number of nitro benzene ring substituents is 1. The summed E-state index contributed by atoms with van der Waals surface area (Å²) in [5.41, 5.74) is -0.0908. The van der Waals surface area contributed by atoms with E-state index in [1.54, 1.807) is 19.1 Å². The van der Waals surface area contributed by atoms with Crippen molar-refractivity contribution in [2.75, 3.05) is 6.61 Å². The minimum absolute atomic E-state index is 0.149. The van der Waals surface area contributed by atoms with Gasteiger partial charge in [0.2, 0.25) is 5.78 Å². The van der Waals surface area contributed by atoms with Crippen LogP contribution in [0.4, 0.5) is 5.69 Å². The summed E-state index contributed by atoms with van der Waals surface area (Å²) in [4.78, 5) is 34.5. The Hall–Kier alpha value is -2.25. The summed E-state index contributed by atoms with van der Waals surface area (Å²) in [5.74, 6) is -1.32. The molecule has 0 radical (unpaired) electrons. The fourth-order valence-corrected chi connectivity index (χ4v) is 2.78. The number of benzene rings is 1. The van der Waals surface area contributed by atoms with Gasteiger partial charge in [-0.1, -0.05) is 23.7 Å². The summed E-state index contributed by atoms with van der Waals surface area (Å²) >= 11 is 6.79. The van der Waals surface area contributed by atoms with Crippen LogP contribution in [0.3, 0.4) is 0 Å². The second-order valence-electron chi connectivity index (χ2n) is 4.33. The highest BCUT2D eigenvalue weighted by Gasteiger charge is 2.24. The summed E-state index contributed by atoms with van der Waals surface area (Å²) < 4.78 is 5.34. The van der Waals surface area contributed by atoms with Crippen molar-refractivity contribution < 1.29 is 19.2 Å². The molecule has 1 aromatic heterocycles. The first-order valence-electron chi connectivity index (χ1n) is 6.10. The van der Waals surface area contributed by atoms with Crippen LogP contribution in [0.1, 0.15) is 25.6 Å². The highest BCUT2D eigenvalue weighted by atomic mass is 35.5. The highest BCUT2D eigenvalue weighted by molar-refractivity contribution is 7.18. The van der Waals surface area contributed by atoms with Crippen molar-refractivity contribution in [2.24, 2.45) is 0 Å². The lowest BCUT2D eigenvalue weighted by atomic mass is 10.1. The Bertz CT molecular complexity index is 755. The van der Waals surface area contributed by atoms with Crippen molar-refractivity contribution in [1.29, 1.82) is 0 Å². The summed E-state index contributed by atoms with van der Waals surface area (Å²) in [6, 6.07) is 7.34. The van der Waals surface area contributed by atoms with Crippen LogP contribution in [0.2, 0.25) is 4.34 Å². The Morgan fingerprint density at radius 1 is 1.32 bits per heavy atom. The van der Waals surface area contributed by atoms with E-state index in [9.17, 15) is 19.7 Å². The number of aryl methyl sites for hydroxylation is 1. The Kier molecular flexibility index (Phi) is 4.89. The number of hydrogen-bond donors (Lipinski definition) is 0. The standard InChI is InChI=1S/C14H10ClNO5S/c1-8-3-2-4-9(16(19)20)13(8)14(18)21-7-10(17)11-5-6-12(15)22-11/h2-6H,7H2,1H3. The molecule has 0 N–H and O–H groups in total. The minimum atomic E-state index is -0.902. The molecule has 0 atom stereocenters. The Morgan fingerprint density at radius 3 is 2.64 bits per heavy atom. The number of hydrogen-bond acceptors (Lipinski definition) is 6. The second-order valence-corrected chi connectivity index (χ2v) is 6.04. The van der Waals surface area contributed by atoms with Gasteiger partial charge in [0.05, 0.1) is 14.1 Å². The zero-order valence-electron chi connectivity index (χ0n) is 11.4. The number of ketones is 1. The number of nitro groups is 1. The van der Waals surface area contributed by atoms with E-state index < -0.39 is 23.3 Å². The molecule has 0 amide bonds. The smallest absolute Gasteiger partial charge is 0.345 e. The van der Waals surface area contributed by atoms with Gasteiger partial charge in [-0.05, 0) is 24.6 Å². The number of thiophene rings is 1. The maximum atomic E-state index is 12.0. The van der Waals surface area contributed by atoms with Gasteiger partial charge in [0, 0.05) is 6.07 Å². The van der Waals surface area contributed by atoms with E-state index in [1.807, 2.05) is 0 Å². The number of carbonyl (C=O) groups excluding carboxylic acids is 2. The van der Waals surface area contributed by atoms with Crippen LogP contribution >= 0.6 is 22.9 Å². The number of esters is 1. The van der Waals surface area contributed by atoms with Crippen molar-refractivity contribution in [1.82, 2.24) is 0 Å². The fourth-order valence-electron chi connectivity index (χ4n) is 1.81. The SMILES string of the molecule is Cc1cccc([N+](=O)[O-])c1C(=O)OCC(=O)c1ccc(Cl)s1. The molecule has 0 aliphatic heterocycles.